The van der Waals surface area contributed by atoms with E-state index < -0.39 is 0 Å². The second kappa shape index (κ2) is 11.2. The molecule has 158 valence electrons. The van der Waals surface area contributed by atoms with Crippen molar-refractivity contribution in [2.24, 2.45) is 11.7 Å². The predicted molar refractivity (Wildman–Crippen MR) is 121 cm³/mol. The Labute approximate surface area is 180 Å². The first-order chi connectivity index (χ1) is 13.6. The van der Waals surface area contributed by atoms with Crippen LogP contribution in [0.15, 0.2) is 48.5 Å². The van der Waals surface area contributed by atoms with Crippen molar-refractivity contribution in [1.29, 1.82) is 0 Å². The molecule has 1 saturated heterocycles. The van der Waals surface area contributed by atoms with E-state index in [0.717, 1.165) is 37.2 Å². The normalized spacial score (nSPS) is 18.4. The van der Waals surface area contributed by atoms with Crippen LogP contribution in [-0.2, 0) is 4.79 Å². The molecule has 0 spiro atoms. The van der Waals surface area contributed by atoms with Crippen LogP contribution in [0.2, 0.25) is 0 Å². The first-order valence-electron chi connectivity index (χ1n) is 10.3. The van der Waals surface area contributed by atoms with E-state index in [4.69, 9.17) is 10.5 Å². The number of rotatable bonds is 8. The average Bonchev–Trinajstić information content (AvgIpc) is 3.15. The van der Waals surface area contributed by atoms with E-state index >= 15 is 0 Å². The summed E-state index contributed by atoms with van der Waals surface area (Å²) < 4.78 is 5.89. The number of nitrogens with two attached hydrogens (primary N) is 1. The largest absolute Gasteiger partial charge is 0.493 e. The Morgan fingerprint density at radius 2 is 1.86 bits per heavy atom. The molecule has 5 heteroatoms. The molecule has 1 fully saturated rings. The monoisotopic (exact) mass is 416 g/mol. The first-order valence-corrected chi connectivity index (χ1v) is 10.3. The molecule has 3 rings (SSSR count). The van der Waals surface area contributed by atoms with Gasteiger partial charge in [-0.1, -0.05) is 42.5 Å². The van der Waals surface area contributed by atoms with Crippen LogP contribution < -0.4 is 10.5 Å². The maximum Gasteiger partial charge on any atom is 0.222 e. The van der Waals surface area contributed by atoms with Gasteiger partial charge in [-0.25, -0.2) is 0 Å². The van der Waals surface area contributed by atoms with Gasteiger partial charge in [-0.2, -0.15) is 0 Å². The molecular weight excluding hydrogens is 384 g/mol. The summed E-state index contributed by atoms with van der Waals surface area (Å²) >= 11 is 0. The van der Waals surface area contributed by atoms with Gasteiger partial charge < -0.3 is 15.4 Å². The number of benzene rings is 2. The highest BCUT2D eigenvalue weighted by molar-refractivity contribution is 5.85. The fourth-order valence-electron chi connectivity index (χ4n) is 3.97. The number of nitrogens with zero attached hydrogens (tertiary/aromatic N) is 1. The van der Waals surface area contributed by atoms with Crippen LogP contribution in [0.5, 0.6) is 5.75 Å². The number of aryl methyl sites for hydroxylation is 2. The third-order valence-corrected chi connectivity index (χ3v) is 5.71. The van der Waals surface area contributed by atoms with Gasteiger partial charge in [-0.3, -0.25) is 4.79 Å². The smallest absolute Gasteiger partial charge is 0.222 e. The first kappa shape index (κ1) is 23.2. The minimum Gasteiger partial charge on any atom is -0.493 e. The molecule has 29 heavy (non-hydrogen) atoms. The van der Waals surface area contributed by atoms with Gasteiger partial charge in [0.1, 0.15) is 5.75 Å². The third-order valence-electron chi connectivity index (χ3n) is 5.71. The Balaban J connectivity index is 0.00000300. The van der Waals surface area contributed by atoms with Crippen molar-refractivity contribution in [2.75, 3.05) is 26.2 Å². The van der Waals surface area contributed by atoms with Crippen LogP contribution in [0.3, 0.4) is 0 Å². The second-order valence-corrected chi connectivity index (χ2v) is 7.89. The number of ether oxygens (including phenoxy) is 1. The van der Waals surface area contributed by atoms with Gasteiger partial charge in [0.05, 0.1) is 6.61 Å². The molecule has 4 nitrogen and oxygen atoms in total. The zero-order valence-electron chi connectivity index (χ0n) is 17.5. The summed E-state index contributed by atoms with van der Waals surface area (Å²) in [4.78, 5) is 14.7. The Morgan fingerprint density at radius 1 is 1.10 bits per heavy atom. The van der Waals surface area contributed by atoms with Gasteiger partial charge in [0.2, 0.25) is 5.91 Å². The summed E-state index contributed by atoms with van der Waals surface area (Å²) in [6, 6.07) is 16.7. The van der Waals surface area contributed by atoms with E-state index in [1.807, 2.05) is 11.0 Å². The van der Waals surface area contributed by atoms with Crippen LogP contribution in [0.1, 0.15) is 41.9 Å². The summed E-state index contributed by atoms with van der Waals surface area (Å²) in [6.07, 6.45) is 2.31. The van der Waals surface area contributed by atoms with Crippen LogP contribution in [0.4, 0.5) is 0 Å². The molecule has 0 unspecified atom stereocenters. The third kappa shape index (κ3) is 6.22. The van der Waals surface area contributed by atoms with Crippen LogP contribution in [0.25, 0.3) is 0 Å². The standard InChI is InChI=1S/C24H32N2O2.ClH/c1-18-11-12-19(2)23(14-18)28-13-7-6-10-24(27)26-16-21(15-25)22(17-26)20-8-4-3-5-9-20;/h3-5,8-9,11-12,14,21-22H,6-7,10,13,15-17,25H2,1-2H3;1H/t21-,22+;/m1./s1. The minimum atomic E-state index is 0. The Kier molecular flexibility index (Phi) is 8.99. The van der Waals surface area contributed by atoms with Crippen molar-refractivity contribution >= 4 is 18.3 Å². The molecule has 2 N–H and O–H groups in total. The number of unbranched alkanes of at least 4 members (excludes halogenated alkanes) is 1. The molecule has 0 bridgehead atoms. The van der Waals surface area contributed by atoms with E-state index in [1.54, 1.807) is 0 Å². The number of carbonyl (C=O) groups excluding carboxylic acids is 1. The fourth-order valence-corrected chi connectivity index (χ4v) is 3.97. The van der Waals surface area contributed by atoms with Gasteiger partial charge in [0, 0.05) is 25.4 Å². The number of hydrogen-bond donors (Lipinski definition) is 1. The lowest BCUT2D eigenvalue weighted by Gasteiger charge is -2.17. The minimum absolute atomic E-state index is 0. The number of likely N-dealkylation sites (tertiary alicyclic amines) is 1. The van der Waals surface area contributed by atoms with Crippen molar-refractivity contribution in [1.82, 2.24) is 4.90 Å². The van der Waals surface area contributed by atoms with Gasteiger partial charge in [0.25, 0.3) is 0 Å². The van der Waals surface area contributed by atoms with E-state index in [1.165, 1.54) is 11.1 Å². The molecule has 0 aliphatic carbocycles. The maximum atomic E-state index is 12.7. The number of amides is 1. The lowest BCUT2D eigenvalue weighted by atomic mass is 9.89. The molecule has 0 aromatic heterocycles. The van der Waals surface area contributed by atoms with E-state index in [-0.39, 0.29) is 18.3 Å². The van der Waals surface area contributed by atoms with E-state index in [9.17, 15) is 4.79 Å². The highest BCUT2D eigenvalue weighted by Crippen LogP contribution is 2.32. The molecular formula is C24H33ClN2O2. The molecule has 2 atom stereocenters. The van der Waals surface area contributed by atoms with E-state index in [2.05, 4.69) is 56.3 Å². The van der Waals surface area contributed by atoms with Gasteiger partial charge in [-0.15, -0.1) is 12.4 Å². The fraction of sp³-hybridized carbons (Fsp3) is 0.458. The van der Waals surface area contributed by atoms with Crippen molar-refractivity contribution < 1.29 is 9.53 Å². The molecule has 1 aliphatic heterocycles. The number of carbonyl (C=O) groups is 1. The van der Waals surface area contributed by atoms with Crippen molar-refractivity contribution in [3.05, 3.63) is 65.2 Å². The SMILES string of the molecule is Cc1ccc(C)c(OCCCCC(=O)N2C[C@@H](CN)[C@H](c3ccccc3)C2)c1.Cl. The lowest BCUT2D eigenvalue weighted by molar-refractivity contribution is -0.130. The summed E-state index contributed by atoms with van der Waals surface area (Å²) in [6.45, 7) is 6.95. The highest BCUT2D eigenvalue weighted by atomic mass is 35.5. The Bertz CT molecular complexity index is 782. The highest BCUT2D eigenvalue weighted by Gasteiger charge is 2.34. The predicted octanol–water partition coefficient (Wildman–Crippen LogP) is 4.48. The number of hydrogen-bond acceptors (Lipinski definition) is 3. The average molecular weight is 417 g/mol. The summed E-state index contributed by atoms with van der Waals surface area (Å²) in [5.41, 5.74) is 9.63. The van der Waals surface area contributed by atoms with Crippen molar-refractivity contribution in [3.63, 3.8) is 0 Å². The summed E-state index contributed by atoms with van der Waals surface area (Å²) in [5.74, 6) is 1.88. The van der Waals surface area contributed by atoms with Crippen LogP contribution in [-0.4, -0.2) is 37.0 Å². The van der Waals surface area contributed by atoms with E-state index in [0.29, 0.717) is 31.4 Å². The number of halogens is 1. The zero-order chi connectivity index (χ0) is 19.9. The molecule has 0 saturated carbocycles. The summed E-state index contributed by atoms with van der Waals surface area (Å²) in [7, 11) is 0. The van der Waals surface area contributed by atoms with Gasteiger partial charge in [0.15, 0.2) is 0 Å². The molecule has 2 aromatic rings. The molecule has 0 radical (unpaired) electrons. The quantitative estimate of drug-likeness (QED) is 0.645. The van der Waals surface area contributed by atoms with Crippen molar-refractivity contribution in [2.45, 2.75) is 39.0 Å². The zero-order valence-corrected chi connectivity index (χ0v) is 18.3. The van der Waals surface area contributed by atoms with Crippen LogP contribution in [0, 0.1) is 19.8 Å². The van der Waals surface area contributed by atoms with Crippen LogP contribution >= 0.6 is 12.4 Å². The van der Waals surface area contributed by atoms with Gasteiger partial charge >= 0.3 is 0 Å². The molecule has 1 aliphatic rings. The molecule has 1 heterocycles. The maximum absolute atomic E-state index is 12.7. The Morgan fingerprint density at radius 3 is 2.59 bits per heavy atom. The molecule has 1 amide bonds. The van der Waals surface area contributed by atoms with Crippen molar-refractivity contribution in [3.8, 4) is 5.75 Å². The second-order valence-electron chi connectivity index (χ2n) is 7.89. The Hall–Kier alpha value is -2.04. The topological polar surface area (TPSA) is 55.6 Å². The van der Waals surface area contributed by atoms with Gasteiger partial charge in [-0.05, 0) is 61.9 Å². The summed E-state index contributed by atoms with van der Waals surface area (Å²) in [5, 5.41) is 0. The molecule has 2 aromatic carbocycles. The lowest BCUT2D eigenvalue weighted by Crippen LogP contribution is -2.29.